The number of carboxylic acid groups (broad SMARTS) is 1. The third-order valence-electron chi connectivity index (χ3n) is 4.49. The molecule has 3 nitrogen and oxygen atoms in total. The smallest absolute Gasteiger partial charge is 0.309 e. The van der Waals surface area contributed by atoms with Crippen LogP contribution >= 0.6 is 0 Å². The molecule has 0 unspecified atom stereocenters. The van der Waals surface area contributed by atoms with E-state index in [0.29, 0.717) is 0 Å². The molecule has 0 saturated heterocycles. The lowest BCUT2D eigenvalue weighted by molar-refractivity contribution is -0.164. The summed E-state index contributed by atoms with van der Waals surface area (Å²) < 4.78 is 0. The first-order valence-corrected chi connectivity index (χ1v) is 5.41. The van der Waals surface area contributed by atoms with Crippen LogP contribution in [-0.2, 0) is 4.79 Å². The Hall–Kier alpha value is -0.570. The Morgan fingerprint density at radius 2 is 1.36 bits per heavy atom. The van der Waals surface area contributed by atoms with Crippen molar-refractivity contribution in [2.45, 2.75) is 38.5 Å². The van der Waals surface area contributed by atoms with E-state index in [1.165, 1.54) is 19.3 Å². The van der Waals surface area contributed by atoms with E-state index in [1.54, 1.807) is 0 Å². The monoisotopic (exact) mass is 198 g/mol. The van der Waals surface area contributed by atoms with Gasteiger partial charge in [-0.1, -0.05) is 0 Å². The Kier molecular flexibility index (Phi) is 2.11. The van der Waals surface area contributed by atoms with Gasteiger partial charge in [0.15, 0.2) is 0 Å². The molecule has 0 heterocycles. The second kappa shape index (κ2) is 2.96. The van der Waals surface area contributed by atoms with E-state index < -0.39 is 5.97 Å². The summed E-state index contributed by atoms with van der Waals surface area (Å²) >= 11 is 0. The highest BCUT2D eigenvalue weighted by Crippen LogP contribution is 2.59. The van der Waals surface area contributed by atoms with Gasteiger partial charge in [0.1, 0.15) is 0 Å². The summed E-state index contributed by atoms with van der Waals surface area (Å²) in [5, 5.41) is 9.28. The van der Waals surface area contributed by atoms with Crippen molar-refractivity contribution in [1.82, 2.24) is 0 Å². The topological polar surface area (TPSA) is 68.8 Å². The molecule has 0 amide bonds. The van der Waals surface area contributed by atoms with Crippen molar-refractivity contribution in [3.63, 3.8) is 0 Å². The zero-order chi connectivity index (χ0) is 9.05. The number of hydrogen-bond acceptors (Lipinski definition) is 1. The molecule has 0 radical (unpaired) electrons. The van der Waals surface area contributed by atoms with Gasteiger partial charge in [-0.25, -0.2) is 0 Å². The largest absolute Gasteiger partial charge is 0.481 e. The van der Waals surface area contributed by atoms with E-state index in [-0.39, 0.29) is 10.9 Å². The molecule has 4 aliphatic carbocycles. The van der Waals surface area contributed by atoms with Gasteiger partial charge in [-0.05, 0) is 56.3 Å². The molecule has 4 saturated carbocycles. The van der Waals surface area contributed by atoms with Crippen LogP contribution in [0.5, 0.6) is 0 Å². The second-order valence-corrected chi connectivity index (χ2v) is 5.50. The van der Waals surface area contributed by atoms with Gasteiger partial charge in [0.05, 0.1) is 5.41 Å². The molecule has 4 fully saturated rings. The Bertz CT molecular complexity index is 224. The maximum atomic E-state index is 11.3. The van der Waals surface area contributed by atoms with Crippen LogP contribution in [0.15, 0.2) is 0 Å². The molecule has 14 heavy (non-hydrogen) atoms. The normalized spacial score (nSPS) is 48.7. The quantitative estimate of drug-likeness (QED) is 0.693. The number of hydrogen-bond donors (Lipinski definition) is 1. The zero-order valence-electron chi connectivity index (χ0n) is 8.33. The molecular formula is C11H18O3. The van der Waals surface area contributed by atoms with E-state index >= 15 is 0 Å². The molecule has 0 aliphatic heterocycles. The molecule has 4 rings (SSSR count). The van der Waals surface area contributed by atoms with E-state index in [0.717, 1.165) is 37.0 Å². The highest BCUT2D eigenvalue weighted by molar-refractivity contribution is 5.75. The second-order valence-electron chi connectivity index (χ2n) is 5.50. The van der Waals surface area contributed by atoms with Crippen LogP contribution in [0.4, 0.5) is 0 Å². The highest BCUT2D eigenvalue weighted by Gasteiger charge is 2.54. The van der Waals surface area contributed by atoms with Gasteiger partial charge in [0, 0.05) is 0 Å². The Morgan fingerprint density at radius 3 is 1.64 bits per heavy atom. The first kappa shape index (κ1) is 9.97. The lowest BCUT2D eigenvalue weighted by Crippen LogP contribution is -2.49. The molecule has 0 aromatic rings. The average molecular weight is 198 g/mol. The summed E-state index contributed by atoms with van der Waals surface area (Å²) in [7, 11) is 0. The maximum absolute atomic E-state index is 11.3. The fourth-order valence-electron chi connectivity index (χ4n) is 4.37. The molecule has 3 heteroatoms. The third kappa shape index (κ3) is 1.18. The molecule has 4 bridgehead atoms. The Labute approximate surface area is 83.8 Å². The van der Waals surface area contributed by atoms with Gasteiger partial charge in [-0.3, -0.25) is 4.79 Å². The first-order valence-electron chi connectivity index (χ1n) is 5.41. The first-order chi connectivity index (χ1) is 6.18. The lowest BCUT2D eigenvalue weighted by atomic mass is 9.49. The SMILES string of the molecule is O.O=C(O)C12CC3CC(CC(C3)C1)C2. The van der Waals surface area contributed by atoms with Crippen molar-refractivity contribution in [1.29, 1.82) is 0 Å². The van der Waals surface area contributed by atoms with Crippen LogP contribution in [-0.4, -0.2) is 16.6 Å². The zero-order valence-corrected chi connectivity index (χ0v) is 8.33. The molecule has 4 aliphatic rings. The molecule has 3 N–H and O–H groups in total. The van der Waals surface area contributed by atoms with Crippen molar-refractivity contribution in [2.24, 2.45) is 23.2 Å². The molecule has 0 aromatic carbocycles. The van der Waals surface area contributed by atoms with Crippen molar-refractivity contribution < 1.29 is 15.4 Å². The number of carbonyl (C=O) groups is 1. The number of rotatable bonds is 1. The van der Waals surface area contributed by atoms with Crippen LogP contribution < -0.4 is 0 Å². The minimum absolute atomic E-state index is 0. The predicted octanol–water partition coefficient (Wildman–Crippen LogP) is 1.46. The van der Waals surface area contributed by atoms with E-state index in [2.05, 4.69) is 0 Å². The van der Waals surface area contributed by atoms with Crippen molar-refractivity contribution >= 4 is 5.97 Å². The van der Waals surface area contributed by atoms with Crippen molar-refractivity contribution in [2.75, 3.05) is 0 Å². The molecule has 80 valence electrons. The van der Waals surface area contributed by atoms with Crippen molar-refractivity contribution in [3.8, 4) is 0 Å². The van der Waals surface area contributed by atoms with Gasteiger partial charge in [-0.2, -0.15) is 0 Å². The van der Waals surface area contributed by atoms with E-state index in [9.17, 15) is 9.90 Å². The molecule has 0 atom stereocenters. The Morgan fingerprint density at radius 1 is 1.00 bits per heavy atom. The summed E-state index contributed by atoms with van der Waals surface area (Å²) in [5.74, 6) is 1.75. The maximum Gasteiger partial charge on any atom is 0.309 e. The summed E-state index contributed by atoms with van der Waals surface area (Å²) in [6.07, 6.45) is 6.92. The van der Waals surface area contributed by atoms with Crippen LogP contribution in [0, 0.1) is 23.2 Å². The standard InChI is InChI=1S/C11H16O2.H2O/c12-10(13)11-4-7-1-8(5-11)3-9(2-7)6-11;/h7-9H,1-6H2,(H,12,13);1H2. The number of aliphatic carboxylic acids is 1. The van der Waals surface area contributed by atoms with Crippen molar-refractivity contribution in [3.05, 3.63) is 0 Å². The molecule has 0 spiro atoms. The third-order valence-corrected chi connectivity index (χ3v) is 4.49. The predicted molar refractivity (Wildman–Crippen MR) is 51.9 cm³/mol. The van der Waals surface area contributed by atoms with Gasteiger partial charge >= 0.3 is 5.97 Å². The van der Waals surface area contributed by atoms with Gasteiger partial charge in [-0.15, -0.1) is 0 Å². The summed E-state index contributed by atoms with van der Waals surface area (Å²) in [5.41, 5.74) is -0.283. The van der Waals surface area contributed by atoms with E-state index in [4.69, 9.17) is 0 Å². The fraction of sp³-hybridized carbons (Fsp3) is 0.909. The summed E-state index contributed by atoms with van der Waals surface area (Å²) in [6, 6.07) is 0. The number of carboxylic acids is 1. The fourth-order valence-corrected chi connectivity index (χ4v) is 4.37. The van der Waals surface area contributed by atoms with Gasteiger partial charge in [0.25, 0.3) is 0 Å². The molecule has 0 aromatic heterocycles. The minimum Gasteiger partial charge on any atom is -0.481 e. The van der Waals surface area contributed by atoms with Gasteiger partial charge in [0.2, 0.25) is 0 Å². The van der Waals surface area contributed by atoms with E-state index in [1.807, 2.05) is 0 Å². The summed E-state index contributed by atoms with van der Waals surface area (Å²) in [4.78, 5) is 11.3. The summed E-state index contributed by atoms with van der Waals surface area (Å²) in [6.45, 7) is 0. The Balaban J connectivity index is 0.000000750. The lowest BCUT2D eigenvalue weighted by Gasteiger charge is -2.54. The van der Waals surface area contributed by atoms with Crippen LogP contribution in [0.1, 0.15) is 38.5 Å². The van der Waals surface area contributed by atoms with Crippen LogP contribution in [0.2, 0.25) is 0 Å². The van der Waals surface area contributed by atoms with Crippen LogP contribution in [0.25, 0.3) is 0 Å². The highest BCUT2D eigenvalue weighted by atomic mass is 16.4. The average Bonchev–Trinajstić information content (AvgIpc) is 2.00. The molecular weight excluding hydrogens is 180 g/mol. The van der Waals surface area contributed by atoms with Crippen LogP contribution in [0.3, 0.4) is 0 Å². The minimum atomic E-state index is -0.508. The van der Waals surface area contributed by atoms with Gasteiger partial charge < -0.3 is 10.6 Å².